The van der Waals surface area contributed by atoms with Gasteiger partial charge in [-0.15, -0.1) is 0 Å². The summed E-state index contributed by atoms with van der Waals surface area (Å²) in [6.45, 7) is 0. The van der Waals surface area contributed by atoms with Gasteiger partial charge in [-0.1, -0.05) is 12.1 Å². The first-order valence-corrected chi connectivity index (χ1v) is 5.19. The van der Waals surface area contributed by atoms with Gasteiger partial charge in [0, 0.05) is 29.8 Å². The van der Waals surface area contributed by atoms with Gasteiger partial charge in [0.05, 0.1) is 5.69 Å². The van der Waals surface area contributed by atoms with Gasteiger partial charge in [-0.05, 0) is 12.1 Å². The number of nitrogens with zero attached hydrogens (tertiary/aromatic N) is 3. The normalized spacial score (nSPS) is 10.8. The van der Waals surface area contributed by atoms with E-state index in [0.29, 0.717) is 17.2 Å². The van der Waals surface area contributed by atoms with Gasteiger partial charge >= 0.3 is 0 Å². The molecule has 5 nitrogen and oxygen atoms in total. The third kappa shape index (κ3) is 1.57. The largest absolute Gasteiger partial charge is 0.399 e. The summed E-state index contributed by atoms with van der Waals surface area (Å²) in [7, 11) is 0. The lowest BCUT2D eigenvalue weighted by Crippen LogP contribution is -1.98. The van der Waals surface area contributed by atoms with Crippen LogP contribution in [-0.4, -0.2) is 14.4 Å². The van der Waals surface area contributed by atoms with Crippen molar-refractivity contribution in [1.82, 2.24) is 14.4 Å². The second kappa shape index (κ2) is 3.48. The molecule has 1 aromatic carbocycles. The van der Waals surface area contributed by atoms with Gasteiger partial charge in [0.1, 0.15) is 0 Å². The van der Waals surface area contributed by atoms with E-state index in [-0.39, 0.29) is 0 Å². The second-order valence-corrected chi connectivity index (χ2v) is 3.79. The number of aromatic nitrogens is 3. The third-order valence-corrected chi connectivity index (χ3v) is 2.58. The Labute approximate surface area is 97.7 Å². The van der Waals surface area contributed by atoms with E-state index in [4.69, 9.17) is 11.5 Å². The van der Waals surface area contributed by atoms with Crippen LogP contribution in [0.1, 0.15) is 0 Å². The number of hydrogen-bond donors (Lipinski definition) is 2. The monoisotopic (exact) mass is 225 g/mol. The van der Waals surface area contributed by atoms with E-state index < -0.39 is 0 Å². The average Bonchev–Trinajstić information content (AvgIpc) is 2.77. The van der Waals surface area contributed by atoms with Crippen LogP contribution in [0.3, 0.4) is 0 Å². The van der Waals surface area contributed by atoms with Crippen LogP contribution in [0.5, 0.6) is 0 Å². The van der Waals surface area contributed by atoms with Crippen molar-refractivity contribution in [1.29, 1.82) is 0 Å². The molecule has 2 aromatic heterocycles. The summed E-state index contributed by atoms with van der Waals surface area (Å²) in [6.07, 6.45) is 5.41. The van der Waals surface area contributed by atoms with E-state index >= 15 is 0 Å². The number of nitrogen functional groups attached to an aromatic ring is 2. The molecule has 0 saturated heterocycles. The van der Waals surface area contributed by atoms with E-state index in [2.05, 4.69) is 9.97 Å². The molecule has 0 aliphatic carbocycles. The average molecular weight is 225 g/mol. The molecule has 0 bridgehead atoms. The van der Waals surface area contributed by atoms with Crippen LogP contribution in [0.2, 0.25) is 0 Å². The summed E-state index contributed by atoms with van der Waals surface area (Å²) < 4.78 is 1.85. The van der Waals surface area contributed by atoms with Crippen molar-refractivity contribution in [2.24, 2.45) is 0 Å². The van der Waals surface area contributed by atoms with Crippen molar-refractivity contribution < 1.29 is 0 Å². The quantitative estimate of drug-likeness (QED) is 0.616. The minimum atomic E-state index is 0.412. The van der Waals surface area contributed by atoms with Crippen LogP contribution >= 0.6 is 0 Å². The predicted molar refractivity (Wildman–Crippen MR) is 67.2 cm³/mol. The lowest BCUT2D eigenvalue weighted by atomic mass is 10.1. The number of hydrogen-bond acceptors (Lipinski definition) is 4. The Morgan fingerprint density at radius 2 is 2.06 bits per heavy atom. The lowest BCUT2D eigenvalue weighted by molar-refractivity contribution is 1.14. The highest BCUT2D eigenvalue weighted by Crippen LogP contribution is 2.21. The molecule has 0 fully saturated rings. The van der Waals surface area contributed by atoms with E-state index in [9.17, 15) is 0 Å². The highest BCUT2D eigenvalue weighted by molar-refractivity contribution is 5.69. The summed E-state index contributed by atoms with van der Waals surface area (Å²) in [4.78, 5) is 8.45. The fraction of sp³-hybridized carbons (Fsp3) is 0. The third-order valence-electron chi connectivity index (χ3n) is 2.58. The van der Waals surface area contributed by atoms with E-state index in [1.54, 1.807) is 6.20 Å². The highest BCUT2D eigenvalue weighted by Gasteiger charge is 2.06. The molecule has 3 rings (SSSR count). The van der Waals surface area contributed by atoms with Gasteiger partial charge in [-0.25, -0.2) is 9.97 Å². The van der Waals surface area contributed by atoms with Gasteiger partial charge in [0.15, 0.2) is 11.5 Å². The molecule has 0 amide bonds. The summed E-state index contributed by atoms with van der Waals surface area (Å²) >= 11 is 0. The highest BCUT2D eigenvalue weighted by atomic mass is 15.0. The van der Waals surface area contributed by atoms with Crippen LogP contribution in [0.15, 0.2) is 42.9 Å². The number of imidazole rings is 1. The SMILES string of the molecule is Nc1cccc(-c2cn3ccnc3c(N)n2)c1. The van der Waals surface area contributed by atoms with Crippen molar-refractivity contribution in [3.63, 3.8) is 0 Å². The Morgan fingerprint density at radius 1 is 1.18 bits per heavy atom. The molecule has 3 aromatic rings. The molecule has 5 heteroatoms. The first-order chi connectivity index (χ1) is 8.24. The maximum absolute atomic E-state index is 5.85. The molecule has 0 spiro atoms. The smallest absolute Gasteiger partial charge is 0.179 e. The van der Waals surface area contributed by atoms with Crippen LogP contribution < -0.4 is 11.5 Å². The van der Waals surface area contributed by atoms with Crippen LogP contribution in [-0.2, 0) is 0 Å². The molecular weight excluding hydrogens is 214 g/mol. The number of rotatable bonds is 1. The van der Waals surface area contributed by atoms with Crippen LogP contribution in [0, 0.1) is 0 Å². The molecule has 0 atom stereocenters. The van der Waals surface area contributed by atoms with Gasteiger partial charge in [-0.2, -0.15) is 0 Å². The molecular formula is C12H11N5. The number of fused-ring (bicyclic) bond motifs is 1. The van der Waals surface area contributed by atoms with Crippen LogP contribution in [0.25, 0.3) is 16.9 Å². The number of benzene rings is 1. The van der Waals surface area contributed by atoms with Crippen molar-refractivity contribution in [2.45, 2.75) is 0 Å². The molecule has 2 heterocycles. The summed E-state index contributed by atoms with van der Waals surface area (Å²) in [6, 6.07) is 7.54. The van der Waals surface area contributed by atoms with Crippen molar-refractivity contribution in [2.75, 3.05) is 11.5 Å². The number of anilines is 2. The maximum atomic E-state index is 5.85. The molecule has 0 radical (unpaired) electrons. The molecule has 4 N–H and O–H groups in total. The Balaban J connectivity index is 2.23. The predicted octanol–water partition coefficient (Wildman–Crippen LogP) is 1.56. The molecule has 0 aliphatic heterocycles. The Hall–Kier alpha value is -2.56. The maximum Gasteiger partial charge on any atom is 0.179 e. The zero-order valence-electron chi connectivity index (χ0n) is 9.04. The fourth-order valence-electron chi connectivity index (χ4n) is 1.79. The van der Waals surface area contributed by atoms with Crippen molar-refractivity contribution in [3.8, 4) is 11.3 Å². The standard InChI is InChI=1S/C12H11N5/c13-9-3-1-2-8(6-9)10-7-17-5-4-15-12(17)11(14)16-10/h1-7H,13H2,(H2,14,16). The Bertz CT molecular complexity index is 686. The molecule has 0 saturated carbocycles. The molecule has 17 heavy (non-hydrogen) atoms. The van der Waals surface area contributed by atoms with Crippen LogP contribution in [0.4, 0.5) is 11.5 Å². The van der Waals surface area contributed by atoms with E-state index in [1.807, 2.05) is 41.1 Å². The van der Waals surface area contributed by atoms with E-state index in [1.165, 1.54) is 0 Å². The molecule has 0 aliphatic rings. The summed E-state index contributed by atoms with van der Waals surface area (Å²) in [5.74, 6) is 0.412. The van der Waals surface area contributed by atoms with E-state index in [0.717, 1.165) is 11.3 Å². The molecule has 0 unspecified atom stereocenters. The minimum Gasteiger partial charge on any atom is -0.399 e. The first kappa shape index (κ1) is 9.65. The molecule has 84 valence electrons. The zero-order valence-corrected chi connectivity index (χ0v) is 9.04. The number of nitrogens with two attached hydrogens (primary N) is 2. The van der Waals surface area contributed by atoms with Gasteiger partial charge in [-0.3, -0.25) is 0 Å². The topological polar surface area (TPSA) is 82.2 Å². The lowest BCUT2D eigenvalue weighted by Gasteiger charge is -2.05. The minimum absolute atomic E-state index is 0.412. The van der Waals surface area contributed by atoms with Gasteiger partial charge in [0.2, 0.25) is 0 Å². The summed E-state index contributed by atoms with van der Waals surface area (Å²) in [5.41, 5.74) is 14.7. The Morgan fingerprint density at radius 3 is 2.88 bits per heavy atom. The second-order valence-electron chi connectivity index (χ2n) is 3.79. The summed E-state index contributed by atoms with van der Waals surface area (Å²) in [5, 5.41) is 0. The van der Waals surface area contributed by atoms with Gasteiger partial charge < -0.3 is 15.9 Å². The first-order valence-electron chi connectivity index (χ1n) is 5.19. The van der Waals surface area contributed by atoms with Crippen molar-refractivity contribution >= 4 is 17.2 Å². The Kier molecular flexibility index (Phi) is 1.98. The van der Waals surface area contributed by atoms with Gasteiger partial charge in [0.25, 0.3) is 0 Å². The zero-order chi connectivity index (χ0) is 11.8. The van der Waals surface area contributed by atoms with Crippen molar-refractivity contribution in [3.05, 3.63) is 42.9 Å². The fourth-order valence-corrected chi connectivity index (χ4v) is 1.79.